The van der Waals surface area contributed by atoms with E-state index in [4.69, 9.17) is 14.7 Å². The number of para-hydroxylation sites is 1. The fourth-order valence-corrected chi connectivity index (χ4v) is 4.94. The number of nitrogen functional groups attached to an aromatic ring is 1. The smallest absolute Gasteiger partial charge is 0.341 e. The molecule has 32 heavy (non-hydrogen) atoms. The van der Waals surface area contributed by atoms with Gasteiger partial charge in [-0.25, -0.2) is 9.37 Å². The van der Waals surface area contributed by atoms with Crippen molar-refractivity contribution < 1.29 is 32.8 Å². The van der Waals surface area contributed by atoms with Gasteiger partial charge in [0, 0.05) is 6.42 Å². The van der Waals surface area contributed by atoms with Crippen LogP contribution in [0, 0.1) is 0 Å². The van der Waals surface area contributed by atoms with Crippen molar-refractivity contribution in [3.8, 4) is 5.75 Å². The maximum absolute atomic E-state index is 14.9. The third-order valence-electron chi connectivity index (χ3n) is 4.82. The van der Waals surface area contributed by atoms with Crippen molar-refractivity contribution in [3.05, 3.63) is 47.0 Å². The first-order chi connectivity index (χ1) is 15.1. The topological polar surface area (TPSA) is 186 Å². The zero-order valence-electron chi connectivity index (χ0n) is 16.2. The maximum Gasteiger partial charge on any atom is 0.341 e. The van der Waals surface area contributed by atoms with Gasteiger partial charge in [-0.1, -0.05) is 18.2 Å². The number of nitrogens with zero attached hydrogens (tertiary/aromatic N) is 3. The number of alkyl halides is 1. The minimum absolute atomic E-state index is 0.0310. The van der Waals surface area contributed by atoms with Crippen molar-refractivity contribution in [1.29, 1.82) is 0 Å². The van der Waals surface area contributed by atoms with Gasteiger partial charge in [0.25, 0.3) is 5.56 Å². The molecule has 0 radical (unpaired) electrons. The number of hydrogen-bond acceptors (Lipinski definition) is 9. The molecular formula is C17H19FN5O7PS. The fraction of sp³-hybridized carbons (Fsp3) is 0.353. The number of nitrogens with two attached hydrogens (primary N) is 1. The molecule has 1 fully saturated rings. The minimum atomic E-state index is -4.73. The number of rotatable bonds is 7. The number of hydrogen-bond donors (Lipinski definition) is 5. The number of H-pyrrole nitrogens is 1. The summed E-state index contributed by atoms with van der Waals surface area (Å²) in [6, 6.07) is 8.30. The third-order valence-corrected chi connectivity index (χ3v) is 7.57. The number of anilines is 1. The first-order valence-corrected chi connectivity index (χ1v) is 11.8. The van der Waals surface area contributed by atoms with Gasteiger partial charge in [-0.3, -0.25) is 18.9 Å². The van der Waals surface area contributed by atoms with Crippen LogP contribution in [-0.4, -0.2) is 57.8 Å². The Labute approximate surface area is 184 Å². The summed E-state index contributed by atoms with van der Waals surface area (Å²) in [6.07, 6.45) is -5.73. The van der Waals surface area contributed by atoms with Gasteiger partial charge in [0.2, 0.25) is 5.95 Å². The Bertz CT molecular complexity index is 1200. The molecule has 3 aromatic rings. The van der Waals surface area contributed by atoms with Crippen molar-refractivity contribution in [2.45, 2.75) is 36.0 Å². The zero-order chi connectivity index (χ0) is 23.0. The van der Waals surface area contributed by atoms with E-state index in [1.54, 1.807) is 30.3 Å². The van der Waals surface area contributed by atoms with Crippen LogP contribution in [-0.2, 0) is 9.30 Å². The lowest BCUT2D eigenvalue weighted by Gasteiger charge is -2.21. The molecule has 0 saturated carbocycles. The van der Waals surface area contributed by atoms with Crippen molar-refractivity contribution in [2.24, 2.45) is 0 Å². The Hall–Kier alpha value is -2.48. The van der Waals surface area contributed by atoms with E-state index in [0.717, 1.165) is 10.9 Å². The summed E-state index contributed by atoms with van der Waals surface area (Å²) in [4.78, 5) is 40.0. The molecule has 4 rings (SSSR count). The molecule has 1 unspecified atom stereocenters. The number of nitrogens with one attached hydrogen (secondary N) is 1. The van der Waals surface area contributed by atoms with Crippen molar-refractivity contribution in [1.82, 2.24) is 19.5 Å². The molecule has 5 atom stereocenters. The summed E-state index contributed by atoms with van der Waals surface area (Å²) in [5.74, 6) is 0.151. The van der Waals surface area contributed by atoms with E-state index in [-0.39, 0.29) is 17.1 Å². The first-order valence-electron chi connectivity index (χ1n) is 9.28. The van der Waals surface area contributed by atoms with Crippen LogP contribution in [0.4, 0.5) is 10.3 Å². The molecule has 2 aromatic heterocycles. The van der Waals surface area contributed by atoms with E-state index in [1.165, 1.54) is 0 Å². The standard InChI is InChI=1S/C17H19FN5O7PS/c18-11-9(6-10(31(26,27)28)32-30-8-4-2-1-3-5-8)29-16(13(11)24)23-7-20-12-14(23)21-17(19)22-15(12)25/h1-5,7,9-11,13,16,24H,6H2,(H2,26,27,28)(H3,19,21,22,25)/t9-,10?,11-,13-,16-/m1/s1. The number of ether oxygens (including phenoxy) is 1. The predicted octanol–water partition coefficient (Wildman–Crippen LogP) is 0.919. The highest BCUT2D eigenvalue weighted by molar-refractivity contribution is 8.01. The monoisotopic (exact) mass is 487 g/mol. The first kappa shape index (κ1) is 22.7. The molecule has 1 aliphatic rings. The predicted molar refractivity (Wildman–Crippen MR) is 112 cm³/mol. The van der Waals surface area contributed by atoms with Gasteiger partial charge >= 0.3 is 7.60 Å². The highest BCUT2D eigenvalue weighted by Crippen LogP contribution is 2.51. The number of imidazole rings is 1. The number of aliphatic hydroxyl groups is 1. The molecule has 6 N–H and O–H groups in total. The van der Waals surface area contributed by atoms with E-state index in [0.29, 0.717) is 17.8 Å². The molecule has 172 valence electrons. The molecule has 1 aliphatic heterocycles. The molecule has 15 heteroatoms. The van der Waals surface area contributed by atoms with Gasteiger partial charge in [-0.2, -0.15) is 4.98 Å². The highest BCUT2D eigenvalue weighted by Gasteiger charge is 2.48. The van der Waals surface area contributed by atoms with Crippen LogP contribution >= 0.6 is 19.6 Å². The van der Waals surface area contributed by atoms with Crippen LogP contribution in [0.1, 0.15) is 12.6 Å². The van der Waals surface area contributed by atoms with Crippen LogP contribution in [0.2, 0.25) is 0 Å². The molecule has 0 spiro atoms. The summed E-state index contributed by atoms with van der Waals surface area (Å²) < 4.78 is 38.9. The average Bonchev–Trinajstić information content (AvgIpc) is 3.27. The van der Waals surface area contributed by atoms with Gasteiger partial charge in [0.05, 0.1) is 24.5 Å². The molecule has 0 amide bonds. The Morgan fingerprint density at radius 1 is 1.38 bits per heavy atom. The lowest BCUT2D eigenvalue weighted by atomic mass is 10.1. The largest absolute Gasteiger partial charge is 0.425 e. The van der Waals surface area contributed by atoms with E-state index in [9.17, 15) is 28.6 Å². The van der Waals surface area contributed by atoms with E-state index < -0.39 is 49.2 Å². The van der Waals surface area contributed by atoms with E-state index in [2.05, 4.69) is 15.0 Å². The van der Waals surface area contributed by atoms with Crippen LogP contribution in [0.3, 0.4) is 0 Å². The Kier molecular flexibility index (Phi) is 6.25. The summed E-state index contributed by atoms with van der Waals surface area (Å²) in [5, 5.41) is 10.4. The number of halogens is 1. The SMILES string of the molecule is Nc1nc2c(ncn2[C@@H]2O[C@H](CC(SOc3ccccc3)P(=O)(O)O)[C@@H](F)[C@H]2O)c(=O)[nH]1. The molecule has 1 saturated heterocycles. The normalized spacial score (nSPS) is 24.6. The van der Waals surface area contributed by atoms with Crippen LogP contribution in [0.15, 0.2) is 41.5 Å². The summed E-state index contributed by atoms with van der Waals surface area (Å²) in [5.41, 5.74) is 4.81. The van der Waals surface area contributed by atoms with Crippen molar-refractivity contribution >= 4 is 36.8 Å². The van der Waals surface area contributed by atoms with E-state index >= 15 is 0 Å². The second-order valence-electron chi connectivity index (χ2n) is 7.05. The maximum atomic E-state index is 14.9. The number of fused-ring (bicyclic) bond motifs is 1. The second kappa shape index (κ2) is 8.81. The number of benzene rings is 1. The highest BCUT2D eigenvalue weighted by atomic mass is 32.2. The molecule has 12 nitrogen and oxygen atoms in total. The molecule has 0 aliphatic carbocycles. The number of aromatic nitrogens is 4. The van der Waals surface area contributed by atoms with Crippen LogP contribution in [0.5, 0.6) is 5.75 Å². The Balaban J connectivity index is 1.54. The van der Waals surface area contributed by atoms with E-state index in [1.807, 2.05) is 0 Å². The quantitative estimate of drug-likeness (QED) is 0.236. The van der Waals surface area contributed by atoms with Crippen LogP contribution in [0.25, 0.3) is 11.2 Å². The number of aliphatic hydroxyl groups excluding tert-OH is 1. The Morgan fingerprint density at radius 3 is 2.78 bits per heavy atom. The van der Waals surface area contributed by atoms with Gasteiger partial charge < -0.3 is 29.5 Å². The molecule has 0 bridgehead atoms. The molecule has 1 aromatic carbocycles. The zero-order valence-corrected chi connectivity index (χ0v) is 17.9. The Morgan fingerprint density at radius 2 is 2.09 bits per heavy atom. The lowest BCUT2D eigenvalue weighted by molar-refractivity contribution is -0.0361. The lowest BCUT2D eigenvalue weighted by Crippen LogP contribution is -2.29. The number of aromatic amines is 1. The average molecular weight is 487 g/mol. The summed E-state index contributed by atoms with van der Waals surface area (Å²) >= 11 is 0.492. The van der Waals surface area contributed by atoms with Crippen LogP contribution < -0.4 is 15.5 Å². The van der Waals surface area contributed by atoms with Gasteiger partial charge in [0.15, 0.2) is 23.6 Å². The molecular weight excluding hydrogens is 468 g/mol. The van der Waals surface area contributed by atoms with Crippen molar-refractivity contribution in [3.63, 3.8) is 0 Å². The minimum Gasteiger partial charge on any atom is -0.425 e. The third kappa shape index (κ3) is 4.51. The van der Waals surface area contributed by atoms with Gasteiger partial charge in [-0.05, 0) is 12.1 Å². The van der Waals surface area contributed by atoms with Gasteiger partial charge in [-0.15, -0.1) is 0 Å². The fourth-order valence-electron chi connectivity index (χ4n) is 3.28. The van der Waals surface area contributed by atoms with Crippen molar-refractivity contribution in [2.75, 3.05) is 5.73 Å². The molecule has 3 heterocycles. The van der Waals surface area contributed by atoms with Gasteiger partial charge in [0.1, 0.15) is 16.8 Å². The second-order valence-corrected chi connectivity index (χ2v) is 10.1. The summed E-state index contributed by atoms with van der Waals surface area (Å²) in [6.45, 7) is 0. The summed E-state index contributed by atoms with van der Waals surface area (Å²) in [7, 11) is -4.73.